The molecule has 6 heteroatoms. The number of carbonyl (C=O) groups is 2. The van der Waals surface area contributed by atoms with Crippen molar-refractivity contribution in [2.75, 3.05) is 5.32 Å². The lowest BCUT2D eigenvalue weighted by Gasteiger charge is -2.20. The fourth-order valence-corrected chi connectivity index (χ4v) is 3.77. The van der Waals surface area contributed by atoms with E-state index in [0.29, 0.717) is 6.54 Å². The Balaban J connectivity index is 1.64. The Morgan fingerprint density at radius 3 is 2.44 bits per heavy atom. The molecule has 6 nitrogen and oxygen atoms in total. The molecule has 1 aromatic heterocycles. The summed E-state index contributed by atoms with van der Waals surface area (Å²) in [6, 6.07) is 7.79. The molecule has 3 rings (SSSR count). The second kappa shape index (κ2) is 8.37. The van der Waals surface area contributed by atoms with Crippen molar-refractivity contribution < 1.29 is 14.7 Å². The van der Waals surface area contributed by atoms with E-state index < -0.39 is 5.97 Å². The minimum atomic E-state index is -0.848. The first-order valence-corrected chi connectivity index (χ1v) is 9.58. The average Bonchev–Trinajstić information content (AvgIpc) is 2.91. The van der Waals surface area contributed by atoms with Crippen LogP contribution in [-0.2, 0) is 22.6 Å². The van der Waals surface area contributed by atoms with Gasteiger partial charge >= 0.3 is 5.97 Å². The standard InChI is InChI=1S/C21H27N3O3/c1-14-19(12-20(25)26)15(2)24(23-14)13-16-8-10-18(11-9-16)22-21(27)17-6-4-3-5-7-17/h8-11,17H,3-7,12-13H2,1-2H3,(H,22,27)(H,25,26). The Morgan fingerprint density at radius 1 is 1.15 bits per heavy atom. The number of amides is 1. The number of aromatic nitrogens is 2. The van der Waals surface area contributed by atoms with Crippen molar-refractivity contribution in [1.82, 2.24) is 9.78 Å². The van der Waals surface area contributed by atoms with Crippen molar-refractivity contribution in [2.45, 2.75) is 58.9 Å². The van der Waals surface area contributed by atoms with Gasteiger partial charge in [0, 0.05) is 22.9 Å². The summed E-state index contributed by atoms with van der Waals surface area (Å²) in [5.74, 6) is -0.584. The van der Waals surface area contributed by atoms with Crippen molar-refractivity contribution in [3.8, 4) is 0 Å². The first-order chi connectivity index (χ1) is 12.9. The quantitative estimate of drug-likeness (QED) is 0.813. The number of hydrogen-bond donors (Lipinski definition) is 2. The summed E-state index contributed by atoms with van der Waals surface area (Å²) in [7, 11) is 0. The third kappa shape index (κ3) is 4.76. The number of nitrogens with zero attached hydrogens (tertiary/aromatic N) is 2. The van der Waals surface area contributed by atoms with E-state index in [0.717, 1.165) is 53.9 Å². The van der Waals surface area contributed by atoms with Crippen molar-refractivity contribution in [2.24, 2.45) is 5.92 Å². The molecule has 1 aliphatic carbocycles. The molecule has 27 heavy (non-hydrogen) atoms. The highest BCUT2D eigenvalue weighted by Gasteiger charge is 2.21. The predicted molar refractivity (Wildman–Crippen MR) is 104 cm³/mol. The van der Waals surface area contributed by atoms with Gasteiger partial charge < -0.3 is 10.4 Å². The lowest BCUT2D eigenvalue weighted by atomic mass is 9.88. The number of hydrogen-bond acceptors (Lipinski definition) is 3. The van der Waals surface area contributed by atoms with Crippen LogP contribution in [0.4, 0.5) is 5.69 Å². The zero-order valence-corrected chi connectivity index (χ0v) is 16.0. The highest BCUT2D eigenvalue weighted by molar-refractivity contribution is 5.92. The van der Waals surface area contributed by atoms with Crippen LogP contribution in [0.5, 0.6) is 0 Å². The summed E-state index contributed by atoms with van der Waals surface area (Å²) >= 11 is 0. The number of carbonyl (C=O) groups excluding carboxylic acids is 1. The van der Waals surface area contributed by atoms with E-state index >= 15 is 0 Å². The molecule has 2 aromatic rings. The van der Waals surface area contributed by atoms with Gasteiger partial charge in [-0.15, -0.1) is 0 Å². The van der Waals surface area contributed by atoms with E-state index in [1.165, 1.54) is 6.42 Å². The first-order valence-electron chi connectivity index (χ1n) is 9.58. The highest BCUT2D eigenvalue weighted by atomic mass is 16.4. The van der Waals surface area contributed by atoms with Crippen LogP contribution in [0.3, 0.4) is 0 Å². The van der Waals surface area contributed by atoms with E-state index in [-0.39, 0.29) is 18.2 Å². The van der Waals surface area contributed by atoms with E-state index in [1.807, 2.05) is 42.8 Å². The zero-order chi connectivity index (χ0) is 19.4. The Hall–Kier alpha value is -2.63. The first kappa shape index (κ1) is 19.1. The van der Waals surface area contributed by atoms with Gasteiger partial charge in [0.2, 0.25) is 5.91 Å². The maximum Gasteiger partial charge on any atom is 0.307 e. The molecule has 0 spiro atoms. The minimum Gasteiger partial charge on any atom is -0.481 e. The van der Waals surface area contributed by atoms with Gasteiger partial charge in [0.05, 0.1) is 18.7 Å². The third-order valence-corrected chi connectivity index (χ3v) is 5.39. The molecule has 0 bridgehead atoms. The van der Waals surface area contributed by atoms with Crippen molar-refractivity contribution in [3.63, 3.8) is 0 Å². The molecule has 2 N–H and O–H groups in total. The average molecular weight is 369 g/mol. The SMILES string of the molecule is Cc1nn(Cc2ccc(NC(=O)C3CCCCC3)cc2)c(C)c1CC(=O)O. The Kier molecular flexibility index (Phi) is 5.94. The van der Waals surface area contributed by atoms with Crippen molar-refractivity contribution in [3.05, 3.63) is 46.8 Å². The molecular weight excluding hydrogens is 342 g/mol. The maximum atomic E-state index is 12.3. The summed E-state index contributed by atoms with van der Waals surface area (Å²) in [5.41, 5.74) is 4.28. The van der Waals surface area contributed by atoms with E-state index in [4.69, 9.17) is 5.11 Å². The molecule has 1 heterocycles. The molecule has 0 saturated heterocycles. The van der Waals surface area contributed by atoms with Crippen molar-refractivity contribution in [1.29, 1.82) is 0 Å². The van der Waals surface area contributed by atoms with Gasteiger partial charge in [-0.1, -0.05) is 31.4 Å². The van der Waals surface area contributed by atoms with Crippen LogP contribution in [0.1, 0.15) is 54.6 Å². The zero-order valence-electron chi connectivity index (χ0n) is 16.0. The fraction of sp³-hybridized carbons (Fsp3) is 0.476. The molecule has 0 radical (unpaired) electrons. The molecule has 0 unspecified atom stereocenters. The molecule has 1 fully saturated rings. The second-order valence-electron chi connectivity index (χ2n) is 7.40. The number of rotatable bonds is 6. The number of nitrogens with one attached hydrogen (secondary N) is 1. The molecule has 1 aromatic carbocycles. The van der Waals surface area contributed by atoms with Crippen LogP contribution in [-0.4, -0.2) is 26.8 Å². The smallest absolute Gasteiger partial charge is 0.307 e. The van der Waals surface area contributed by atoms with Gasteiger partial charge in [-0.3, -0.25) is 14.3 Å². The van der Waals surface area contributed by atoms with E-state index in [2.05, 4.69) is 10.4 Å². The topological polar surface area (TPSA) is 84.2 Å². The number of anilines is 1. The fourth-order valence-electron chi connectivity index (χ4n) is 3.77. The number of aryl methyl sites for hydroxylation is 1. The number of aliphatic carboxylic acids is 1. The molecule has 144 valence electrons. The number of benzene rings is 1. The minimum absolute atomic E-state index is 0.0101. The third-order valence-electron chi connectivity index (χ3n) is 5.39. The number of carboxylic acid groups (broad SMARTS) is 1. The van der Waals surface area contributed by atoms with Gasteiger partial charge in [0.15, 0.2) is 0 Å². The van der Waals surface area contributed by atoms with Gasteiger partial charge in [-0.2, -0.15) is 5.10 Å². The normalized spacial score (nSPS) is 14.9. The number of carboxylic acids is 1. The summed E-state index contributed by atoms with van der Waals surface area (Å²) in [6.45, 7) is 4.31. The monoisotopic (exact) mass is 369 g/mol. The summed E-state index contributed by atoms with van der Waals surface area (Å²) in [4.78, 5) is 23.4. The van der Waals surface area contributed by atoms with Crippen LogP contribution in [0, 0.1) is 19.8 Å². The molecule has 1 aliphatic rings. The lowest BCUT2D eigenvalue weighted by molar-refractivity contribution is -0.136. The van der Waals surface area contributed by atoms with Crippen molar-refractivity contribution >= 4 is 17.6 Å². The Labute approximate surface area is 159 Å². The van der Waals surface area contributed by atoms with E-state index in [1.54, 1.807) is 0 Å². The van der Waals surface area contributed by atoms with Gasteiger partial charge in [-0.05, 0) is 44.4 Å². The Bertz CT molecular complexity index is 818. The second-order valence-corrected chi connectivity index (χ2v) is 7.40. The van der Waals surface area contributed by atoms with Crippen LogP contribution >= 0.6 is 0 Å². The van der Waals surface area contributed by atoms with Gasteiger partial charge in [0.25, 0.3) is 0 Å². The van der Waals surface area contributed by atoms with Gasteiger partial charge in [-0.25, -0.2) is 0 Å². The molecular formula is C21H27N3O3. The highest BCUT2D eigenvalue weighted by Crippen LogP contribution is 2.25. The Morgan fingerprint density at radius 2 is 1.81 bits per heavy atom. The predicted octanol–water partition coefficient (Wildman–Crippen LogP) is 3.69. The lowest BCUT2D eigenvalue weighted by Crippen LogP contribution is -2.24. The summed E-state index contributed by atoms with van der Waals surface area (Å²) < 4.78 is 1.84. The molecule has 0 atom stereocenters. The summed E-state index contributed by atoms with van der Waals surface area (Å²) in [5, 5.41) is 16.5. The largest absolute Gasteiger partial charge is 0.481 e. The van der Waals surface area contributed by atoms with Crippen LogP contribution < -0.4 is 5.32 Å². The maximum absolute atomic E-state index is 12.3. The molecule has 0 aliphatic heterocycles. The summed E-state index contributed by atoms with van der Waals surface area (Å²) in [6.07, 6.45) is 5.48. The molecule has 1 amide bonds. The van der Waals surface area contributed by atoms with Crippen LogP contribution in [0.25, 0.3) is 0 Å². The van der Waals surface area contributed by atoms with E-state index in [9.17, 15) is 9.59 Å². The van der Waals surface area contributed by atoms with Crippen LogP contribution in [0.2, 0.25) is 0 Å². The van der Waals surface area contributed by atoms with Gasteiger partial charge in [0.1, 0.15) is 0 Å². The molecule has 1 saturated carbocycles. The van der Waals surface area contributed by atoms with Crippen LogP contribution in [0.15, 0.2) is 24.3 Å².